The van der Waals surface area contributed by atoms with Crippen molar-refractivity contribution < 1.29 is 9.57 Å². The van der Waals surface area contributed by atoms with Crippen LogP contribution in [0.5, 0.6) is 5.75 Å². The molecule has 0 spiro atoms. The van der Waals surface area contributed by atoms with Gasteiger partial charge in [0.1, 0.15) is 5.69 Å². The minimum atomic E-state index is 0.598. The maximum Gasteiger partial charge on any atom is 0.435 e. The van der Waals surface area contributed by atoms with Gasteiger partial charge in [0.15, 0.2) is 5.75 Å². The lowest BCUT2D eigenvalue weighted by molar-refractivity contribution is 0.263. The number of hydrogen-bond acceptors (Lipinski definition) is 3. The van der Waals surface area contributed by atoms with E-state index in [9.17, 15) is 0 Å². The fourth-order valence-corrected chi connectivity index (χ4v) is 1.07. The van der Waals surface area contributed by atoms with Crippen molar-refractivity contribution in [2.45, 2.75) is 0 Å². The summed E-state index contributed by atoms with van der Waals surface area (Å²) in [6.45, 7) is 0. The smallest absolute Gasteiger partial charge is 0.432 e. The Morgan fingerprint density at radius 3 is 3.00 bits per heavy atom. The second kappa shape index (κ2) is 1.27. The highest BCUT2D eigenvalue weighted by Gasteiger charge is 2.50. The van der Waals surface area contributed by atoms with Crippen molar-refractivity contribution in [3.05, 3.63) is 30.7 Å². The summed E-state index contributed by atoms with van der Waals surface area (Å²) in [5.41, 5.74) is 0.998. The van der Waals surface area contributed by atoms with Crippen LogP contribution in [0.25, 0.3) is 0 Å². The van der Waals surface area contributed by atoms with Gasteiger partial charge in [0.05, 0.1) is 0 Å². The summed E-state index contributed by atoms with van der Waals surface area (Å²) in [5, 5.41) is 1.66. The van der Waals surface area contributed by atoms with Crippen molar-refractivity contribution in [1.29, 1.82) is 0 Å². The normalized spacial score (nSPS) is 19.8. The Kier molecular flexibility index (Phi) is 0.581. The number of para-hydroxylation sites is 2. The van der Waals surface area contributed by atoms with Crippen LogP contribution >= 0.6 is 0 Å². The zero-order valence-electron chi connectivity index (χ0n) is 5.07. The Hall–Kier alpha value is -1.22. The van der Waals surface area contributed by atoms with Crippen LogP contribution < -0.4 is 9.80 Å². The van der Waals surface area contributed by atoms with Crippen LogP contribution in [-0.2, 0) is 4.84 Å². The van der Waals surface area contributed by atoms with Gasteiger partial charge in [-0.1, -0.05) is 12.1 Å². The number of ether oxygens (including phenoxy) is 1. The van der Waals surface area contributed by atoms with Crippen LogP contribution in [0.1, 0.15) is 0 Å². The number of rotatable bonds is 0. The Balaban J connectivity index is 2.22. The molecule has 10 heavy (non-hydrogen) atoms. The van der Waals surface area contributed by atoms with E-state index in [0.29, 0.717) is 6.41 Å². The first-order chi connectivity index (χ1) is 4.95. The molecule has 1 aromatic carbocycles. The zero-order chi connectivity index (χ0) is 6.55. The third kappa shape index (κ3) is 0.401. The first-order valence-corrected chi connectivity index (χ1v) is 3.07. The molecule has 3 rings (SSSR count). The summed E-state index contributed by atoms with van der Waals surface area (Å²) in [6, 6.07) is 7.76. The third-order valence-corrected chi connectivity index (χ3v) is 1.58. The highest BCUT2D eigenvalue weighted by atomic mass is 17.0. The number of fused-ring (bicyclic) bond motifs is 3. The highest BCUT2D eigenvalue weighted by Crippen LogP contribution is 2.49. The Bertz CT molecular complexity index is 287. The van der Waals surface area contributed by atoms with Gasteiger partial charge in [0.2, 0.25) is 0 Å². The van der Waals surface area contributed by atoms with Crippen molar-refractivity contribution in [3.63, 3.8) is 0 Å². The molecular formula is C7H4NO2. The van der Waals surface area contributed by atoms with Crippen LogP contribution in [0.2, 0.25) is 0 Å². The van der Waals surface area contributed by atoms with Gasteiger partial charge < -0.3 is 4.74 Å². The predicted octanol–water partition coefficient (Wildman–Crippen LogP) is 1.28. The fraction of sp³-hybridized carbons (Fsp3) is 0. The molecule has 0 unspecified atom stereocenters. The van der Waals surface area contributed by atoms with Gasteiger partial charge in [-0.15, -0.1) is 0 Å². The van der Waals surface area contributed by atoms with Gasteiger partial charge in [0.25, 0.3) is 0 Å². The molecule has 2 aliphatic rings. The van der Waals surface area contributed by atoms with Crippen molar-refractivity contribution >= 4 is 5.69 Å². The molecule has 1 aromatic rings. The molecule has 49 valence electrons. The zero-order valence-corrected chi connectivity index (χ0v) is 5.07. The second-order valence-electron chi connectivity index (χ2n) is 2.22. The molecule has 1 saturated heterocycles. The SMILES string of the molecule is c1ccc2c(c1)O[C]1ON12. The minimum absolute atomic E-state index is 0.598. The van der Waals surface area contributed by atoms with E-state index in [1.54, 1.807) is 5.06 Å². The van der Waals surface area contributed by atoms with E-state index < -0.39 is 0 Å². The standard InChI is InChI=1S/C7H4NO2/c1-2-4-6-5(3-1)8-7(9-6)10-8/h1-4H. The van der Waals surface area contributed by atoms with E-state index >= 15 is 0 Å². The summed E-state index contributed by atoms with van der Waals surface area (Å²) < 4.78 is 5.20. The second-order valence-corrected chi connectivity index (χ2v) is 2.22. The minimum Gasteiger partial charge on any atom is -0.432 e. The first-order valence-electron chi connectivity index (χ1n) is 3.07. The van der Waals surface area contributed by atoms with Crippen LogP contribution in [0, 0.1) is 6.41 Å². The largest absolute Gasteiger partial charge is 0.435 e. The Labute approximate surface area is 57.7 Å². The van der Waals surface area contributed by atoms with E-state index in [1.165, 1.54) is 0 Å². The third-order valence-electron chi connectivity index (χ3n) is 1.58. The van der Waals surface area contributed by atoms with Gasteiger partial charge in [-0.3, -0.25) is 0 Å². The van der Waals surface area contributed by atoms with Crippen LogP contribution in [-0.4, -0.2) is 0 Å². The molecule has 0 aliphatic carbocycles. The molecule has 2 heterocycles. The molecule has 0 amide bonds. The van der Waals surface area contributed by atoms with Gasteiger partial charge in [-0.25, -0.2) is 0 Å². The summed E-state index contributed by atoms with van der Waals surface area (Å²) in [6.07, 6.45) is 0.598. The number of hydrogen-bond donors (Lipinski definition) is 0. The molecule has 0 bridgehead atoms. The van der Waals surface area contributed by atoms with Gasteiger partial charge in [0, 0.05) is 0 Å². The molecule has 0 aromatic heterocycles. The summed E-state index contributed by atoms with van der Waals surface area (Å²) in [5.74, 6) is 0.878. The van der Waals surface area contributed by atoms with Gasteiger partial charge >= 0.3 is 6.41 Å². The Morgan fingerprint density at radius 2 is 2.10 bits per heavy atom. The van der Waals surface area contributed by atoms with E-state index in [2.05, 4.69) is 0 Å². The molecule has 0 atom stereocenters. The van der Waals surface area contributed by atoms with E-state index in [-0.39, 0.29) is 0 Å². The molecule has 0 N–H and O–H groups in total. The maximum absolute atomic E-state index is 5.20. The van der Waals surface area contributed by atoms with Gasteiger partial charge in [-0.05, 0) is 12.1 Å². The van der Waals surface area contributed by atoms with Gasteiger partial charge in [-0.2, -0.15) is 9.90 Å². The lowest BCUT2D eigenvalue weighted by atomic mass is 10.3. The molecule has 0 saturated carbocycles. The average molecular weight is 134 g/mol. The summed E-state index contributed by atoms with van der Waals surface area (Å²) >= 11 is 0. The lowest BCUT2D eigenvalue weighted by Gasteiger charge is -1.96. The van der Waals surface area contributed by atoms with Crippen LogP contribution in [0.4, 0.5) is 5.69 Å². The number of benzene rings is 1. The average Bonchev–Trinajstić information content (AvgIpc) is 2.64. The molecule has 2 aliphatic heterocycles. The topological polar surface area (TPSA) is 24.8 Å². The van der Waals surface area contributed by atoms with Crippen LogP contribution in [0.3, 0.4) is 0 Å². The maximum atomic E-state index is 5.20. The molecule has 3 heteroatoms. The van der Waals surface area contributed by atoms with Crippen molar-refractivity contribution in [3.8, 4) is 5.75 Å². The molecule has 1 fully saturated rings. The number of hydroxylamine groups is 1. The summed E-state index contributed by atoms with van der Waals surface area (Å²) in [4.78, 5) is 4.91. The van der Waals surface area contributed by atoms with Crippen molar-refractivity contribution in [1.82, 2.24) is 0 Å². The molecule has 3 nitrogen and oxygen atoms in total. The number of nitrogens with zero attached hydrogens (tertiary/aromatic N) is 1. The lowest BCUT2D eigenvalue weighted by Crippen LogP contribution is -1.84. The molecular weight excluding hydrogens is 130 g/mol. The number of anilines is 1. The van der Waals surface area contributed by atoms with E-state index in [1.807, 2.05) is 24.3 Å². The molecule has 1 radical (unpaired) electrons. The quantitative estimate of drug-likeness (QED) is 0.499. The van der Waals surface area contributed by atoms with Crippen molar-refractivity contribution in [2.24, 2.45) is 0 Å². The predicted molar refractivity (Wildman–Crippen MR) is 33.9 cm³/mol. The van der Waals surface area contributed by atoms with E-state index in [4.69, 9.17) is 9.57 Å². The highest BCUT2D eigenvalue weighted by molar-refractivity contribution is 5.65. The summed E-state index contributed by atoms with van der Waals surface area (Å²) in [7, 11) is 0. The van der Waals surface area contributed by atoms with Crippen LogP contribution in [0.15, 0.2) is 24.3 Å². The fourth-order valence-electron chi connectivity index (χ4n) is 1.07. The van der Waals surface area contributed by atoms with E-state index in [0.717, 1.165) is 11.4 Å². The monoisotopic (exact) mass is 134 g/mol. The Morgan fingerprint density at radius 1 is 1.20 bits per heavy atom. The van der Waals surface area contributed by atoms with Crippen molar-refractivity contribution in [2.75, 3.05) is 5.06 Å². The first kappa shape index (κ1) is 4.57.